The summed E-state index contributed by atoms with van der Waals surface area (Å²) < 4.78 is 4.80. The van der Waals surface area contributed by atoms with Crippen LogP contribution in [0, 0.1) is 0 Å². The van der Waals surface area contributed by atoms with Crippen LogP contribution in [0.1, 0.15) is 10.4 Å². The standard InChI is InChI=1S/C16H18N2O3/c1-21-11-15(19)10-18-16(20)14-7-13(8-17-9-14)12-5-3-2-4-6-12/h2-9,15,19H,10-11H2,1H3,(H,18,20). The van der Waals surface area contributed by atoms with Crippen LogP contribution < -0.4 is 5.32 Å². The van der Waals surface area contributed by atoms with Crippen molar-refractivity contribution < 1.29 is 14.6 Å². The van der Waals surface area contributed by atoms with Crippen molar-refractivity contribution in [1.82, 2.24) is 10.3 Å². The molecule has 0 fully saturated rings. The molecule has 1 amide bonds. The fraction of sp³-hybridized carbons (Fsp3) is 0.250. The van der Waals surface area contributed by atoms with Crippen LogP contribution in [0.25, 0.3) is 11.1 Å². The van der Waals surface area contributed by atoms with Crippen LogP contribution in [-0.2, 0) is 4.74 Å². The molecule has 0 saturated carbocycles. The Kier molecular flexibility index (Phi) is 5.43. The molecule has 5 nitrogen and oxygen atoms in total. The smallest absolute Gasteiger partial charge is 0.252 e. The zero-order valence-electron chi connectivity index (χ0n) is 11.8. The molecule has 0 radical (unpaired) electrons. The third-order valence-corrected chi connectivity index (χ3v) is 2.96. The van der Waals surface area contributed by atoms with Gasteiger partial charge in [0.25, 0.3) is 5.91 Å². The Bertz CT molecular complexity index is 587. The van der Waals surface area contributed by atoms with Crippen LogP contribution >= 0.6 is 0 Å². The molecule has 1 aromatic heterocycles. The summed E-state index contributed by atoms with van der Waals surface area (Å²) in [5.74, 6) is -0.268. The van der Waals surface area contributed by atoms with Gasteiger partial charge in [0.2, 0.25) is 0 Å². The first-order valence-corrected chi connectivity index (χ1v) is 6.66. The molecule has 1 unspecified atom stereocenters. The quantitative estimate of drug-likeness (QED) is 0.844. The van der Waals surface area contributed by atoms with E-state index in [1.165, 1.54) is 13.3 Å². The number of amides is 1. The number of aliphatic hydroxyl groups excluding tert-OH is 1. The second-order valence-corrected chi connectivity index (χ2v) is 4.65. The Morgan fingerprint density at radius 2 is 2.05 bits per heavy atom. The molecule has 2 aromatic rings. The van der Waals surface area contributed by atoms with Crippen LogP contribution in [0.15, 0.2) is 48.8 Å². The Hall–Kier alpha value is -2.24. The molecule has 1 aromatic carbocycles. The third kappa shape index (κ3) is 4.37. The van der Waals surface area contributed by atoms with E-state index >= 15 is 0 Å². The molecule has 1 heterocycles. The summed E-state index contributed by atoms with van der Waals surface area (Å²) in [5.41, 5.74) is 2.33. The monoisotopic (exact) mass is 286 g/mol. The summed E-state index contributed by atoms with van der Waals surface area (Å²) in [5, 5.41) is 12.2. The number of ether oxygens (including phenoxy) is 1. The fourth-order valence-electron chi connectivity index (χ4n) is 1.92. The van der Waals surface area contributed by atoms with E-state index < -0.39 is 6.10 Å². The first-order valence-electron chi connectivity index (χ1n) is 6.66. The van der Waals surface area contributed by atoms with Gasteiger partial charge < -0.3 is 15.2 Å². The highest BCUT2D eigenvalue weighted by Crippen LogP contribution is 2.18. The van der Waals surface area contributed by atoms with Gasteiger partial charge in [-0.15, -0.1) is 0 Å². The maximum Gasteiger partial charge on any atom is 0.252 e. The van der Waals surface area contributed by atoms with Gasteiger partial charge in [-0.05, 0) is 11.6 Å². The van der Waals surface area contributed by atoms with Crippen LogP contribution in [0.5, 0.6) is 0 Å². The van der Waals surface area contributed by atoms with E-state index in [4.69, 9.17) is 4.74 Å². The van der Waals surface area contributed by atoms with Gasteiger partial charge in [0.05, 0.1) is 18.3 Å². The van der Waals surface area contributed by atoms with Gasteiger partial charge in [-0.1, -0.05) is 30.3 Å². The first kappa shape index (κ1) is 15.2. The summed E-state index contributed by atoms with van der Waals surface area (Å²) in [7, 11) is 1.50. The zero-order chi connectivity index (χ0) is 15.1. The highest BCUT2D eigenvalue weighted by Gasteiger charge is 2.10. The Labute approximate surface area is 123 Å². The van der Waals surface area contributed by atoms with Gasteiger partial charge in [-0.25, -0.2) is 0 Å². The number of carbonyl (C=O) groups is 1. The highest BCUT2D eigenvalue weighted by molar-refractivity contribution is 5.95. The molecule has 1 atom stereocenters. The van der Waals surface area contributed by atoms with Gasteiger partial charge >= 0.3 is 0 Å². The van der Waals surface area contributed by atoms with Crippen LogP contribution in [-0.4, -0.2) is 42.4 Å². The lowest BCUT2D eigenvalue weighted by atomic mass is 10.1. The number of hydrogen-bond acceptors (Lipinski definition) is 4. The number of benzene rings is 1. The van der Waals surface area contributed by atoms with Gasteiger partial charge in [-0.3, -0.25) is 9.78 Å². The minimum absolute atomic E-state index is 0.141. The first-order chi connectivity index (χ1) is 10.2. The second-order valence-electron chi connectivity index (χ2n) is 4.65. The number of aromatic nitrogens is 1. The molecule has 0 spiro atoms. The lowest BCUT2D eigenvalue weighted by Crippen LogP contribution is -2.34. The molecule has 0 aliphatic rings. The number of pyridine rings is 1. The van der Waals surface area contributed by atoms with Crippen LogP contribution in [0.4, 0.5) is 0 Å². The van der Waals surface area contributed by atoms with Gasteiger partial charge in [0.15, 0.2) is 0 Å². The van der Waals surface area contributed by atoms with Gasteiger partial charge in [0.1, 0.15) is 0 Å². The van der Waals surface area contributed by atoms with Gasteiger partial charge in [-0.2, -0.15) is 0 Å². The number of rotatable bonds is 6. The predicted molar refractivity (Wildman–Crippen MR) is 79.9 cm³/mol. The van der Waals surface area contributed by atoms with Crippen LogP contribution in [0.2, 0.25) is 0 Å². The van der Waals surface area contributed by atoms with E-state index in [-0.39, 0.29) is 19.1 Å². The van der Waals surface area contributed by atoms with E-state index in [0.717, 1.165) is 11.1 Å². The zero-order valence-corrected chi connectivity index (χ0v) is 11.8. The molecular formula is C16H18N2O3. The van der Waals surface area contributed by atoms with Crippen molar-refractivity contribution in [2.45, 2.75) is 6.10 Å². The minimum atomic E-state index is -0.718. The molecule has 110 valence electrons. The molecule has 2 N–H and O–H groups in total. The third-order valence-electron chi connectivity index (χ3n) is 2.96. The van der Waals surface area contributed by atoms with E-state index in [9.17, 15) is 9.90 Å². The lowest BCUT2D eigenvalue weighted by molar-refractivity contribution is 0.0609. The van der Waals surface area contributed by atoms with Crippen molar-refractivity contribution in [2.75, 3.05) is 20.3 Å². The molecule has 5 heteroatoms. The van der Waals surface area contributed by atoms with Crippen molar-refractivity contribution in [1.29, 1.82) is 0 Å². The van der Waals surface area contributed by atoms with Crippen molar-refractivity contribution in [2.24, 2.45) is 0 Å². The maximum atomic E-state index is 12.0. The number of carbonyl (C=O) groups excluding carboxylic acids is 1. The molecule has 0 aliphatic heterocycles. The van der Waals surface area contributed by atoms with Crippen molar-refractivity contribution in [3.63, 3.8) is 0 Å². The fourth-order valence-corrected chi connectivity index (χ4v) is 1.92. The molecular weight excluding hydrogens is 268 g/mol. The Morgan fingerprint density at radius 1 is 1.29 bits per heavy atom. The second kappa shape index (κ2) is 7.52. The molecule has 0 bridgehead atoms. The minimum Gasteiger partial charge on any atom is -0.389 e. The largest absolute Gasteiger partial charge is 0.389 e. The number of methoxy groups -OCH3 is 1. The van der Waals surface area contributed by atoms with Crippen molar-refractivity contribution in [3.05, 3.63) is 54.4 Å². The topological polar surface area (TPSA) is 71.5 Å². The predicted octanol–water partition coefficient (Wildman–Crippen LogP) is 1.49. The maximum absolute atomic E-state index is 12.0. The number of hydrogen-bond donors (Lipinski definition) is 2. The number of aliphatic hydroxyl groups is 1. The number of nitrogens with zero attached hydrogens (tertiary/aromatic N) is 1. The van der Waals surface area contributed by atoms with Crippen molar-refractivity contribution in [3.8, 4) is 11.1 Å². The SMILES string of the molecule is COCC(O)CNC(=O)c1cncc(-c2ccccc2)c1. The van der Waals surface area contributed by atoms with E-state index in [1.807, 2.05) is 30.3 Å². The number of nitrogens with one attached hydrogen (secondary N) is 1. The molecule has 0 aliphatic carbocycles. The van der Waals surface area contributed by atoms with Crippen LogP contribution in [0.3, 0.4) is 0 Å². The van der Waals surface area contributed by atoms with E-state index in [2.05, 4.69) is 10.3 Å². The molecule has 21 heavy (non-hydrogen) atoms. The average Bonchev–Trinajstić information content (AvgIpc) is 2.54. The lowest BCUT2D eigenvalue weighted by Gasteiger charge is -2.11. The Balaban J connectivity index is 2.05. The molecule has 0 saturated heterocycles. The summed E-state index contributed by atoms with van der Waals surface area (Å²) in [6.45, 7) is 0.324. The highest BCUT2D eigenvalue weighted by atomic mass is 16.5. The summed E-state index contributed by atoms with van der Waals surface area (Å²) in [4.78, 5) is 16.1. The average molecular weight is 286 g/mol. The molecule has 2 rings (SSSR count). The van der Waals surface area contributed by atoms with Gasteiger partial charge in [0, 0.05) is 31.6 Å². The van der Waals surface area contributed by atoms with E-state index in [0.29, 0.717) is 5.56 Å². The summed E-state index contributed by atoms with van der Waals surface area (Å²) in [6, 6.07) is 11.5. The summed E-state index contributed by atoms with van der Waals surface area (Å²) >= 11 is 0. The van der Waals surface area contributed by atoms with Crippen molar-refractivity contribution >= 4 is 5.91 Å². The normalized spacial score (nSPS) is 11.9. The summed E-state index contributed by atoms with van der Waals surface area (Å²) in [6.07, 6.45) is 2.50. The Morgan fingerprint density at radius 3 is 2.76 bits per heavy atom. The van der Waals surface area contributed by atoms with E-state index in [1.54, 1.807) is 12.3 Å².